The van der Waals surface area contributed by atoms with Crippen LogP contribution in [-0.4, -0.2) is 29.2 Å². The van der Waals surface area contributed by atoms with Gasteiger partial charge in [0.25, 0.3) is 0 Å². The highest BCUT2D eigenvalue weighted by molar-refractivity contribution is 6.02. The molecular formula is C20H17N3O2. The monoisotopic (exact) mass is 331 g/mol. The second-order valence-corrected chi connectivity index (χ2v) is 5.72. The van der Waals surface area contributed by atoms with Crippen LogP contribution in [0.2, 0.25) is 0 Å². The van der Waals surface area contributed by atoms with E-state index in [2.05, 4.69) is 9.97 Å². The van der Waals surface area contributed by atoms with Crippen molar-refractivity contribution >= 4 is 21.8 Å². The van der Waals surface area contributed by atoms with Crippen LogP contribution in [0, 0.1) is 6.92 Å². The second kappa shape index (κ2) is 6.02. The minimum Gasteiger partial charge on any atom is -0.493 e. The number of aryl methyl sites for hydroxylation is 1. The summed E-state index contributed by atoms with van der Waals surface area (Å²) >= 11 is 0. The van der Waals surface area contributed by atoms with Crippen molar-refractivity contribution in [2.24, 2.45) is 0 Å². The zero-order valence-electron chi connectivity index (χ0n) is 14.3. The largest absolute Gasteiger partial charge is 0.493 e. The van der Waals surface area contributed by atoms with E-state index in [1.165, 1.54) is 0 Å². The van der Waals surface area contributed by atoms with E-state index in [0.29, 0.717) is 17.3 Å². The minimum absolute atomic E-state index is 0.648. The molecule has 0 radical (unpaired) electrons. The Balaban J connectivity index is 2.10. The van der Waals surface area contributed by atoms with Gasteiger partial charge in [0.1, 0.15) is 5.82 Å². The van der Waals surface area contributed by atoms with Gasteiger partial charge in [0, 0.05) is 28.6 Å². The van der Waals surface area contributed by atoms with E-state index in [1.807, 2.05) is 49.4 Å². The van der Waals surface area contributed by atoms with Crippen molar-refractivity contribution in [2.75, 3.05) is 14.2 Å². The number of pyridine rings is 1. The summed E-state index contributed by atoms with van der Waals surface area (Å²) in [5.74, 6) is 2.00. The van der Waals surface area contributed by atoms with Crippen molar-refractivity contribution in [3.8, 4) is 22.8 Å². The van der Waals surface area contributed by atoms with Crippen LogP contribution in [-0.2, 0) is 0 Å². The molecule has 0 saturated heterocycles. The Morgan fingerprint density at radius 1 is 0.880 bits per heavy atom. The van der Waals surface area contributed by atoms with E-state index < -0.39 is 0 Å². The third kappa shape index (κ3) is 2.54. The predicted octanol–water partition coefficient (Wildman–Crippen LogP) is 4.17. The summed E-state index contributed by atoms with van der Waals surface area (Å²) in [6.45, 7) is 1.89. The minimum atomic E-state index is 0.648. The molecular weight excluding hydrogens is 314 g/mol. The van der Waals surface area contributed by atoms with Gasteiger partial charge in [-0.2, -0.15) is 0 Å². The van der Waals surface area contributed by atoms with Crippen molar-refractivity contribution in [2.45, 2.75) is 6.92 Å². The molecule has 0 spiro atoms. The zero-order chi connectivity index (χ0) is 17.4. The molecule has 5 nitrogen and oxygen atoms in total. The van der Waals surface area contributed by atoms with Gasteiger partial charge in [-0.05, 0) is 19.1 Å². The van der Waals surface area contributed by atoms with E-state index in [9.17, 15) is 0 Å². The van der Waals surface area contributed by atoms with E-state index >= 15 is 0 Å². The van der Waals surface area contributed by atoms with Crippen molar-refractivity contribution in [3.05, 3.63) is 54.5 Å². The third-order valence-electron chi connectivity index (χ3n) is 4.20. The van der Waals surface area contributed by atoms with Crippen LogP contribution in [0.1, 0.15) is 5.82 Å². The fourth-order valence-corrected chi connectivity index (χ4v) is 3.07. The summed E-state index contributed by atoms with van der Waals surface area (Å²) in [6.07, 6.45) is 1.80. The molecule has 4 aromatic rings. The van der Waals surface area contributed by atoms with Gasteiger partial charge < -0.3 is 9.47 Å². The third-order valence-corrected chi connectivity index (χ3v) is 4.20. The van der Waals surface area contributed by atoms with Gasteiger partial charge >= 0.3 is 0 Å². The first-order valence-electron chi connectivity index (χ1n) is 7.96. The lowest BCUT2D eigenvalue weighted by atomic mass is 10.0. The average Bonchev–Trinajstić information content (AvgIpc) is 2.65. The number of hydrogen-bond acceptors (Lipinski definition) is 5. The number of rotatable bonds is 3. The van der Waals surface area contributed by atoms with Crippen molar-refractivity contribution in [1.29, 1.82) is 0 Å². The smallest absolute Gasteiger partial charge is 0.162 e. The number of ether oxygens (including phenoxy) is 2. The molecule has 2 aromatic carbocycles. The molecule has 0 saturated carbocycles. The average molecular weight is 331 g/mol. The van der Waals surface area contributed by atoms with Crippen molar-refractivity contribution in [1.82, 2.24) is 15.0 Å². The quantitative estimate of drug-likeness (QED) is 0.564. The Morgan fingerprint density at radius 2 is 1.64 bits per heavy atom. The summed E-state index contributed by atoms with van der Waals surface area (Å²) in [5, 5.41) is 1.98. The zero-order valence-corrected chi connectivity index (χ0v) is 14.3. The van der Waals surface area contributed by atoms with Crippen LogP contribution >= 0.6 is 0 Å². The van der Waals surface area contributed by atoms with Crippen LogP contribution in [0.5, 0.6) is 11.5 Å². The van der Waals surface area contributed by atoms with Crippen LogP contribution in [0.15, 0.2) is 48.7 Å². The van der Waals surface area contributed by atoms with Crippen LogP contribution < -0.4 is 9.47 Å². The Morgan fingerprint density at radius 3 is 2.44 bits per heavy atom. The summed E-state index contributed by atoms with van der Waals surface area (Å²) in [6, 6.07) is 13.9. The highest BCUT2D eigenvalue weighted by Crippen LogP contribution is 2.37. The Labute approximate surface area is 145 Å². The normalized spacial score (nSPS) is 11.0. The van der Waals surface area contributed by atoms with Gasteiger partial charge in [-0.25, -0.2) is 9.97 Å². The van der Waals surface area contributed by atoms with Crippen LogP contribution in [0.25, 0.3) is 33.1 Å². The Bertz CT molecular complexity index is 1090. The SMILES string of the molecule is COc1cc2nc(C)nc(-c3cccc4cccnc34)c2cc1OC. The highest BCUT2D eigenvalue weighted by Gasteiger charge is 2.15. The molecule has 124 valence electrons. The van der Waals surface area contributed by atoms with Crippen molar-refractivity contribution < 1.29 is 9.47 Å². The molecule has 2 aromatic heterocycles. The molecule has 2 heterocycles. The molecule has 0 atom stereocenters. The maximum absolute atomic E-state index is 5.46. The molecule has 4 rings (SSSR count). The summed E-state index contributed by atoms with van der Waals surface area (Å²) in [5.41, 5.74) is 3.54. The van der Waals surface area contributed by atoms with Gasteiger partial charge in [0.2, 0.25) is 0 Å². The van der Waals surface area contributed by atoms with E-state index in [0.717, 1.165) is 33.1 Å². The Kier molecular flexibility index (Phi) is 3.69. The lowest BCUT2D eigenvalue weighted by molar-refractivity contribution is 0.356. The predicted molar refractivity (Wildman–Crippen MR) is 98.1 cm³/mol. The van der Waals surface area contributed by atoms with Gasteiger partial charge in [-0.3, -0.25) is 4.98 Å². The van der Waals surface area contributed by atoms with E-state index in [4.69, 9.17) is 14.5 Å². The molecule has 0 unspecified atom stereocenters. The number of benzene rings is 2. The van der Waals surface area contributed by atoms with E-state index in [1.54, 1.807) is 20.4 Å². The molecule has 0 aliphatic carbocycles. The lowest BCUT2D eigenvalue weighted by Gasteiger charge is -2.13. The fourth-order valence-electron chi connectivity index (χ4n) is 3.07. The molecule has 0 amide bonds. The number of nitrogens with zero attached hydrogens (tertiary/aromatic N) is 3. The first kappa shape index (κ1) is 15.3. The fraction of sp³-hybridized carbons (Fsp3) is 0.150. The summed E-state index contributed by atoms with van der Waals surface area (Å²) < 4.78 is 10.9. The second-order valence-electron chi connectivity index (χ2n) is 5.72. The van der Waals surface area contributed by atoms with Gasteiger partial charge in [0.05, 0.1) is 30.9 Å². The number of aromatic nitrogens is 3. The topological polar surface area (TPSA) is 57.1 Å². The van der Waals surface area contributed by atoms with Gasteiger partial charge in [-0.1, -0.05) is 24.3 Å². The van der Waals surface area contributed by atoms with Crippen LogP contribution in [0.3, 0.4) is 0 Å². The number of para-hydroxylation sites is 1. The highest BCUT2D eigenvalue weighted by atomic mass is 16.5. The maximum Gasteiger partial charge on any atom is 0.162 e. The lowest BCUT2D eigenvalue weighted by Crippen LogP contribution is -1.98. The molecule has 0 bridgehead atoms. The van der Waals surface area contributed by atoms with Crippen LogP contribution in [0.4, 0.5) is 0 Å². The number of hydrogen-bond donors (Lipinski definition) is 0. The first-order valence-corrected chi connectivity index (χ1v) is 7.96. The molecule has 0 aliphatic heterocycles. The van der Waals surface area contributed by atoms with Gasteiger partial charge in [-0.15, -0.1) is 0 Å². The van der Waals surface area contributed by atoms with E-state index in [-0.39, 0.29) is 0 Å². The molecule has 25 heavy (non-hydrogen) atoms. The maximum atomic E-state index is 5.46. The molecule has 0 N–H and O–H groups in total. The Hall–Kier alpha value is -3.21. The van der Waals surface area contributed by atoms with Crippen molar-refractivity contribution in [3.63, 3.8) is 0 Å². The number of methoxy groups -OCH3 is 2. The standard InChI is InChI=1S/C20H17N3O2/c1-12-22-16-11-18(25-3)17(24-2)10-15(16)20(23-12)14-8-4-6-13-7-5-9-21-19(13)14/h4-11H,1-3H3. The summed E-state index contributed by atoms with van der Waals surface area (Å²) in [7, 11) is 3.24. The van der Waals surface area contributed by atoms with Gasteiger partial charge in [0.15, 0.2) is 11.5 Å². The molecule has 0 aliphatic rings. The molecule has 0 fully saturated rings. The molecule has 5 heteroatoms. The number of fused-ring (bicyclic) bond motifs is 2. The first-order chi connectivity index (χ1) is 12.2. The summed E-state index contributed by atoms with van der Waals surface area (Å²) in [4.78, 5) is 13.8.